The summed E-state index contributed by atoms with van der Waals surface area (Å²) in [6.45, 7) is 5.39. The van der Waals surface area contributed by atoms with Crippen LogP contribution in [0.4, 0.5) is 0 Å². The van der Waals surface area contributed by atoms with Crippen molar-refractivity contribution in [3.63, 3.8) is 0 Å². The highest BCUT2D eigenvalue weighted by Crippen LogP contribution is 2.43. The lowest BCUT2D eigenvalue weighted by molar-refractivity contribution is -0.870. The van der Waals surface area contributed by atoms with Crippen molar-refractivity contribution >= 4 is 39.2 Å². The largest absolute Gasteiger partial charge is 0.500 e. The third-order valence-corrected chi connectivity index (χ3v) is 15.2. The zero-order valence-electron chi connectivity index (χ0n) is 35.5. The first-order valence-corrected chi connectivity index (χ1v) is 25.0. The van der Waals surface area contributed by atoms with E-state index in [2.05, 4.69) is 25.8 Å². The van der Waals surface area contributed by atoms with Crippen LogP contribution in [0.1, 0.15) is 12.8 Å². The van der Waals surface area contributed by atoms with Gasteiger partial charge in [0.1, 0.15) is 32.9 Å². The Morgan fingerprint density at radius 2 is 0.873 bits per heavy atom. The fourth-order valence-electron chi connectivity index (χ4n) is 4.17. The summed E-state index contributed by atoms with van der Waals surface area (Å²) < 4.78 is 76.1. The topological polar surface area (TPSA) is 232 Å². The van der Waals surface area contributed by atoms with Gasteiger partial charge in [-0.05, 0) is 25.9 Å². The Kier molecular flexibility index (Phi) is 31.7. The van der Waals surface area contributed by atoms with Gasteiger partial charge in [0, 0.05) is 87.5 Å². The molecule has 1 amide bonds. The van der Waals surface area contributed by atoms with E-state index in [4.69, 9.17) is 40.1 Å². The van der Waals surface area contributed by atoms with Crippen LogP contribution >= 0.6 is 15.6 Å². The van der Waals surface area contributed by atoms with E-state index in [9.17, 15) is 23.7 Å². The van der Waals surface area contributed by atoms with Gasteiger partial charge in [-0.3, -0.25) is 22.9 Å². The second-order valence-electron chi connectivity index (χ2n) is 14.1. The first kappa shape index (κ1) is 56.8. The van der Waals surface area contributed by atoms with Gasteiger partial charge >= 0.3 is 33.3 Å². The van der Waals surface area contributed by atoms with E-state index >= 15 is 0 Å². The molecule has 0 saturated carbocycles. The summed E-state index contributed by atoms with van der Waals surface area (Å²) in [6, 6.07) is 1.44. The molecule has 0 rings (SSSR count). The van der Waals surface area contributed by atoms with Crippen molar-refractivity contribution in [3.8, 4) is 0 Å². The van der Waals surface area contributed by atoms with Crippen molar-refractivity contribution < 1.29 is 77.3 Å². The molecular weight excluding hydrogens is 802 g/mol. The first-order valence-electron chi connectivity index (χ1n) is 18.1. The summed E-state index contributed by atoms with van der Waals surface area (Å²) in [6.07, 6.45) is 1.69. The molecular formula is C30H76N6O15P2Si2+2. The Balaban J connectivity index is 0. The smallest absolute Gasteiger partial charge is 0.377 e. The normalized spacial score (nSPS) is 14.9. The van der Waals surface area contributed by atoms with Gasteiger partial charge in [0.05, 0.1) is 48.9 Å². The maximum atomic E-state index is 11.7. The van der Waals surface area contributed by atoms with Gasteiger partial charge in [-0.1, -0.05) is 0 Å². The van der Waals surface area contributed by atoms with Gasteiger partial charge < -0.3 is 66.6 Å². The quantitative estimate of drug-likeness (QED) is 0.0214. The lowest BCUT2D eigenvalue weighted by atomic mass is 10.4. The molecule has 0 saturated heterocycles. The standard InChI is InChI=1S/C15H36N3O8PSi.C15H38N3O7PSi/c1-18(2,3)11-12-25-27(20,21)26-14-15(19)17-10-9-16-8-7-13-28(22-4,23-5)24-6;1-18(2,3)12-14-25-26(19,20)24-13-11-17-10-9-16-8-7-15-27(21-4,22-5)23-6/h16H,7-14H2,1-6H3,(H-,17,19,20,21);16-17H,7-15H2,1-6H3/p+2. The van der Waals surface area contributed by atoms with Crippen LogP contribution in [0.2, 0.25) is 12.1 Å². The number of carbonyl (C=O) groups excluding carboxylic acids is 1. The van der Waals surface area contributed by atoms with Crippen LogP contribution in [0.5, 0.6) is 0 Å². The highest BCUT2D eigenvalue weighted by Gasteiger charge is 2.37. The average Bonchev–Trinajstić information content (AvgIpc) is 3.10. The SMILES string of the molecule is CO[Si](CCCNCCNC(=O)COP(=O)(O)OCC[N+](C)(C)C)(OC)OC.CO[Si](CCCNCCNCCOP(=O)(O)OCC[N+](C)(C)C)(OC)OC. The molecule has 0 aromatic heterocycles. The Hall–Kier alpha value is -0.316. The van der Waals surface area contributed by atoms with E-state index in [1.165, 1.54) is 0 Å². The minimum Gasteiger partial charge on any atom is -0.377 e. The minimum atomic E-state index is -4.23. The number of nitrogens with one attached hydrogen (secondary N) is 4. The van der Waals surface area contributed by atoms with Gasteiger partial charge in [0.2, 0.25) is 5.91 Å². The summed E-state index contributed by atoms with van der Waals surface area (Å²) in [5.74, 6) is -0.490. The predicted octanol–water partition coefficient (Wildman–Crippen LogP) is 0.0738. The minimum absolute atomic E-state index is 0.0577. The van der Waals surface area contributed by atoms with Gasteiger partial charge in [0.15, 0.2) is 0 Å². The van der Waals surface area contributed by atoms with Crippen LogP contribution in [0.25, 0.3) is 0 Å². The number of hydrogen-bond acceptors (Lipinski definition) is 16. The van der Waals surface area contributed by atoms with E-state index < -0.39 is 45.8 Å². The summed E-state index contributed by atoms with van der Waals surface area (Å²) in [4.78, 5) is 30.8. The van der Waals surface area contributed by atoms with E-state index in [0.29, 0.717) is 54.3 Å². The maximum Gasteiger partial charge on any atom is 0.500 e. The third-order valence-electron chi connectivity index (χ3n) is 7.57. The second kappa shape index (κ2) is 30.7. The van der Waals surface area contributed by atoms with Crippen molar-refractivity contribution in [2.24, 2.45) is 0 Å². The number of phosphoric ester groups is 2. The van der Waals surface area contributed by atoms with Crippen molar-refractivity contribution in [1.82, 2.24) is 21.3 Å². The summed E-state index contributed by atoms with van der Waals surface area (Å²) in [7, 11) is 8.06. The fourth-order valence-corrected chi connectivity index (χ4v) is 8.99. The highest BCUT2D eigenvalue weighted by molar-refractivity contribution is 7.47. The monoisotopic (exact) mass is 878 g/mol. The Morgan fingerprint density at radius 3 is 1.25 bits per heavy atom. The fraction of sp³-hybridized carbons (Fsp3) is 0.967. The third kappa shape index (κ3) is 33.2. The lowest BCUT2D eigenvalue weighted by Gasteiger charge is -2.24. The molecule has 2 atom stereocenters. The molecule has 0 aliphatic rings. The number of nitrogens with zero attached hydrogens (tertiary/aromatic N) is 2. The molecule has 2 unspecified atom stereocenters. The second-order valence-corrected chi connectivity index (χ2v) is 23.2. The molecule has 0 fully saturated rings. The van der Waals surface area contributed by atoms with Crippen LogP contribution in [0, 0.1) is 0 Å². The Morgan fingerprint density at radius 1 is 0.527 bits per heavy atom. The van der Waals surface area contributed by atoms with Gasteiger partial charge in [-0.25, -0.2) is 9.13 Å². The lowest BCUT2D eigenvalue weighted by Crippen LogP contribution is -2.43. The molecule has 0 spiro atoms. The number of likely N-dealkylation sites (N-methyl/N-ethyl adjacent to an activating group) is 2. The van der Waals surface area contributed by atoms with Gasteiger partial charge in [-0.2, -0.15) is 0 Å². The number of carbonyl (C=O) groups is 1. The Bertz CT molecular complexity index is 1060. The zero-order valence-corrected chi connectivity index (χ0v) is 39.3. The maximum absolute atomic E-state index is 11.7. The van der Waals surface area contributed by atoms with Crippen LogP contribution in [0.3, 0.4) is 0 Å². The molecule has 0 aromatic rings. The van der Waals surface area contributed by atoms with Crippen molar-refractivity contribution in [3.05, 3.63) is 0 Å². The molecule has 25 heteroatoms. The first-order chi connectivity index (χ1) is 25.6. The molecule has 0 bridgehead atoms. The number of quaternary nitrogens is 2. The summed E-state index contributed by atoms with van der Waals surface area (Å²) >= 11 is 0. The summed E-state index contributed by atoms with van der Waals surface area (Å²) in [5.41, 5.74) is 0. The number of rotatable bonds is 35. The number of phosphoric acid groups is 2. The van der Waals surface area contributed by atoms with Crippen LogP contribution in [0.15, 0.2) is 0 Å². The molecule has 0 aliphatic heterocycles. The number of hydrogen-bond donors (Lipinski definition) is 6. The van der Waals surface area contributed by atoms with Gasteiger partial charge in [0.25, 0.3) is 0 Å². The van der Waals surface area contributed by atoms with Crippen molar-refractivity contribution in [1.29, 1.82) is 0 Å². The molecule has 0 aromatic carbocycles. The van der Waals surface area contributed by atoms with Crippen LogP contribution in [-0.2, 0) is 58.6 Å². The molecule has 55 heavy (non-hydrogen) atoms. The van der Waals surface area contributed by atoms with Crippen LogP contribution < -0.4 is 21.3 Å². The number of amides is 1. The average molecular weight is 879 g/mol. The van der Waals surface area contributed by atoms with Crippen molar-refractivity contribution in [2.75, 3.05) is 170 Å². The van der Waals surface area contributed by atoms with E-state index in [-0.39, 0.29) is 19.8 Å². The Labute approximate surface area is 332 Å². The molecule has 6 N–H and O–H groups in total. The molecule has 21 nitrogen and oxygen atoms in total. The molecule has 332 valence electrons. The molecule has 0 aliphatic carbocycles. The van der Waals surface area contributed by atoms with E-state index in [0.717, 1.165) is 38.5 Å². The molecule has 0 radical (unpaired) electrons. The molecule has 0 heterocycles. The van der Waals surface area contributed by atoms with E-state index in [1.54, 1.807) is 42.7 Å². The highest BCUT2D eigenvalue weighted by atomic mass is 31.2. The predicted molar refractivity (Wildman–Crippen MR) is 213 cm³/mol. The van der Waals surface area contributed by atoms with Crippen LogP contribution in [-0.4, -0.2) is 213 Å². The van der Waals surface area contributed by atoms with Crippen molar-refractivity contribution in [2.45, 2.75) is 24.9 Å². The zero-order chi connectivity index (χ0) is 42.5. The van der Waals surface area contributed by atoms with E-state index in [1.807, 2.05) is 42.3 Å². The summed E-state index contributed by atoms with van der Waals surface area (Å²) in [5, 5.41) is 12.2. The van der Waals surface area contributed by atoms with Gasteiger partial charge in [-0.15, -0.1) is 0 Å².